The van der Waals surface area contributed by atoms with E-state index < -0.39 is 6.10 Å². The summed E-state index contributed by atoms with van der Waals surface area (Å²) >= 11 is 0. The molecule has 0 spiro atoms. The Kier molecular flexibility index (Phi) is 2.56. The van der Waals surface area contributed by atoms with Crippen molar-refractivity contribution in [2.24, 2.45) is 5.92 Å². The van der Waals surface area contributed by atoms with Gasteiger partial charge in [0, 0.05) is 28.9 Å². The van der Waals surface area contributed by atoms with E-state index in [1.54, 1.807) is 0 Å². The van der Waals surface area contributed by atoms with Crippen LogP contribution < -0.4 is 0 Å². The van der Waals surface area contributed by atoms with Crippen molar-refractivity contribution in [2.75, 3.05) is 0 Å². The van der Waals surface area contributed by atoms with Crippen LogP contribution in [0.15, 0.2) is 49.1 Å². The topological polar surface area (TPSA) is 50.9 Å². The summed E-state index contributed by atoms with van der Waals surface area (Å²) in [5, 5.41) is 10.9. The van der Waals surface area contributed by atoms with Crippen molar-refractivity contribution in [2.45, 2.75) is 25.5 Å². The number of hydrogen-bond donors (Lipinski definition) is 1. The lowest BCUT2D eigenvalue weighted by Gasteiger charge is -2.25. The van der Waals surface area contributed by atoms with Gasteiger partial charge in [-0.1, -0.05) is 24.3 Å². The molecule has 0 saturated heterocycles. The van der Waals surface area contributed by atoms with Crippen LogP contribution >= 0.6 is 0 Å². The van der Waals surface area contributed by atoms with Crippen LogP contribution in [0.3, 0.4) is 0 Å². The summed E-state index contributed by atoms with van der Waals surface area (Å²) in [6.45, 7) is 2.00. The van der Waals surface area contributed by atoms with E-state index in [0.29, 0.717) is 0 Å². The quantitative estimate of drug-likeness (QED) is 0.751. The number of hydrogen-bond acceptors (Lipinski definition) is 3. The van der Waals surface area contributed by atoms with Crippen molar-refractivity contribution in [3.8, 4) is 11.3 Å². The van der Waals surface area contributed by atoms with Crippen LogP contribution in [0.5, 0.6) is 0 Å². The van der Waals surface area contributed by atoms with Gasteiger partial charge in [0.25, 0.3) is 0 Å². The van der Waals surface area contributed by atoms with E-state index in [1.165, 1.54) is 16.7 Å². The van der Waals surface area contributed by atoms with Crippen LogP contribution in [0.2, 0.25) is 0 Å². The van der Waals surface area contributed by atoms with Crippen LogP contribution in [0.4, 0.5) is 0 Å². The summed E-state index contributed by atoms with van der Waals surface area (Å²) < 4.78 is 2.21. The molecular formula is C19H17N3O. The molecule has 0 bridgehead atoms. The molecule has 1 aliphatic carbocycles. The highest BCUT2D eigenvalue weighted by Gasteiger charge is 2.42. The molecule has 0 amide bonds. The van der Waals surface area contributed by atoms with Gasteiger partial charge >= 0.3 is 0 Å². The van der Waals surface area contributed by atoms with E-state index in [2.05, 4.69) is 44.9 Å². The van der Waals surface area contributed by atoms with Gasteiger partial charge in [0.05, 0.1) is 30.4 Å². The van der Waals surface area contributed by atoms with E-state index in [-0.39, 0.29) is 12.0 Å². The first-order valence-corrected chi connectivity index (χ1v) is 7.98. The maximum atomic E-state index is 10.9. The lowest BCUT2D eigenvalue weighted by atomic mass is 9.88. The van der Waals surface area contributed by atoms with Crippen molar-refractivity contribution in [1.82, 2.24) is 14.5 Å². The van der Waals surface area contributed by atoms with E-state index >= 15 is 0 Å². The minimum Gasteiger partial charge on any atom is -0.388 e. The fraction of sp³-hybridized carbons (Fsp3) is 0.263. The standard InChI is InChI=1S/C19H17N3O/c1-11-6-12-7-15(19(23)16(12)8-21-11)18-14-5-3-2-4-13(14)17-9-20-10-22(17)18/h2-6,8-10,15,18-19,23H,7H2,1H3/t15-,18-,19+/m1/s1. The zero-order valence-corrected chi connectivity index (χ0v) is 12.8. The number of nitrogens with zero attached hydrogens (tertiary/aromatic N) is 3. The van der Waals surface area contributed by atoms with Crippen LogP contribution in [0, 0.1) is 12.8 Å². The fourth-order valence-electron chi connectivity index (χ4n) is 4.26. The molecule has 0 radical (unpaired) electrons. The summed E-state index contributed by atoms with van der Waals surface area (Å²) in [6.07, 6.45) is 6.03. The first-order valence-electron chi connectivity index (χ1n) is 7.98. The minimum absolute atomic E-state index is 0.116. The molecule has 5 rings (SSSR count). The molecule has 23 heavy (non-hydrogen) atoms. The summed E-state index contributed by atoms with van der Waals surface area (Å²) in [4.78, 5) is 8.68. The summed E-state index contributed by atoms with van der Waals surface area (Å²) in [5.41, 5.74) is 6.86. The van der Waals surface area contributed by atoms with Gasteiger partial charge in [0.15, 0.2) is 0 Å². The Hall–Kier alpha value is -2.46. The number of pyridine rings is 1. The Labute approximate surface area is 134 Å². The van der Waals surface area contributed by atoms with Crippen molar-refractivity contribution < 1.29 is 5.11 Å². The second-order valence-electron chi connectivity index (χ2n) is 6.56. The third kappa shape index (κ3) is 1.70. The Morgan fingerprint density at radius 2 is 2.04 bits per heavy atom. The second kappa shape index (κ2) is 4.52. The van der Waals surface area contributed by atoms with Crippen LogP contribution in [0.1, 0.15) is 34.5 Å². The molecule has 0 saturated carbocycles. The van der Waals surface area contributed by atoms with Crippen LogP contribution in [-0.4, -0.2) is 19.6 Å². The third-order valence-corrected chi connectivity index (χ3v) is 5.27. The molecule has 4 nitrogen and oxygen atoms in total. The molecule has 4 heteroatoms. The first kappa shape index (κ1) is 13.0. The van der Waals surface area contributed by atoms with Crippen molar-refractivity contribution >= 4 is 0 Å². The molecule has 0 unspecified atom stereocenters. The molecule has 3 atom stereocenters. The number of imidazole rings is 1. The van der Waals surface area contributed by atoms with Gasteiger partial charge in [0.2, 0.25) is 0 Å². The third-order valence-electron chi connectivity index (χ3n) is 5.27. The number of aliphatic hydroxyl groups excluding tert-OH is 1. The number of rotatable bonds is 1. The second-order valence-corrected chi connectivity index (χ2v) is 6.56. The maximum absolute atomic E-state index is 10.9. The molecule has 1 aliphatic heterocycles. The predicted octanol–water partition coefficient (Wildman–Crippen LogP) is 3.06. The maximum Gasteiger partial charge on any atom is 0.0956 e. The van der Waals surface area contributed by atoms with Gasteiger partial charge < -0.3 is 9.67 Å². The predicted molar refractivity (Wildman–Crippen MR) is 86.9 cm³/mol. The minimum atomic E-state index is -0.482. The fourth-order valence-corrected chi connectivity index (χ4v) is 4.26. The number of fused-ring (bicyclic) bond motifs is 4. The molecule has 2 aromatic heterocycles. The molecule has 2 aliphatic rings. The van der Waals surface area contributed by atoms with Crippen LogP contribution in [-0.2, 0) is 6.42 Å². The Morgan fingerprint density at radius 3 is 2.96 bits per heavy atom. The van der Waals surface area contributed by atoms with Crippen LogP contribution in [0.25, 0.3) is 11.3 Å². The van der Waals surface area contributed by atoms with Gasteiger partial charge in [0.1, 0.15) is 0 Å². The first-order chi connectivity index (χ1) is 11.2. The van der Waals surface area contributed by atoms with E-state index in [0.717, 1.165) is 23.4 Å². The van der Waals surface area contributed by atoms with Gasteiger partial charge in [-0.15, -0.1) is 0 Å². The molecule has 3 heterocycles. The number of aliphatic hydroxyl groups is 1. The van der Waals surface area contributed by atoms with Gasteiger partial charge in [-0.2, -0.15) is 0 Å². The highest BCUT2D eigenvalue weighted by Crippen LogP contribution is 2.50. The Morgan fingerprint density at radius 1 is 1.17 bits per heavy atom. The lowest BCUT2D eigenvalue weighted by Crippen LogP contribution is -2.21. The SMILES string of the molecule is Cc1cc2c(cn1)[C@@H](O)[C@@H]([C@H]1c3ccccc3-c3cncn31)C2. The average molecular weight is 303 g/mol. The number of aromatic nitrogens is 3. The molecule has 1 aromatic carbocycles. The van der Waals surface area contributed by atoms with Gasteiger partial charge in [-0.3, -0.25) is 4.98 Å². The molecular weight excluding hydrogens is 286 g/mol. The summed E-state index contributed by atoms with van der Waals surface area (Å²) in [6, 6.07) is 10.7. The molecule has 114 valence electrons. The van der Waals surface area contributed by atoms with E-state index in [1.807, 2.05) is 25.6 Å². The average Bonchev–Trinajstić information content (AvgIpc) is 3.21. The van der Waals surface area contributed by atoms with Gasteiger partial charge in [-0.25, -0.2) is 4.98 Å². The molecule has 0 fully saturated rings. The Balaban J connectivity index is 1.64. The van der Waals surface area contributed by atoms with Crippen molar-refractivity contribution in [3.63, 3.8) is 0 Å². The van der Waals surface area contributed by atoms with E-state index in [9.17, 15) is 5.11 Å². The highest BCUT2D eigenvalue weighted by molar-refractivity contribution is 5.69. The number of aryl methyl sites for hydroxylation is 1. The monoisotopic (exact) mass is 303 g/mol. The zero-order chi connectivity index (χ0) is 15.6. The number of benzene rings is 1. The lowest BCUT2D eigenvalue weighted by molar-refractivity contribution is 0.101. The van der Waals surface area contributed by atoms with Crippen molar-refractivity contribution in [3.05, 3.63) is 71.4 Å². The molecule has 3 aromatic rings. The Bertz CT molecular complexity index is 914. The summed E-state index contributed by atoms with van der Waals surface area (Å²) in [5.74, 6) is 0.116. The smallest absolute Gasteiger partial charge is 0.0956 e. The zero-order valence-electron chi connectivity index (χ0n) is 12.8. The van der Waals surface area contributed by atoms with E-state index in [4.69, 9.17) is 0 Å². The highest BCUT2D eigenvalue weighted by atomic mass is 16.3. The van der Waals surface area contributed by atoms with Gasteiger partial charge in [-0.05, 0) is 30.5 Å². The van der Waals surface area contributed by atoms with Crippen molar-refractivity contribution in [1.29, 1.82) is 0 Å². The normalized spacial score (nSPS) is 24.3. The largest absolute Gasteiger partial charge is 0.388 e. The summed E-state index contributed by atoms with van der Waals surface area (Å²) in [7, 11) is 0. The molecule has 1 N–H and O–H groups in total.